The maximum absolute atomic E-state index is 13.7. The van der Waals surface area contributed by atoms with E-state index in [1.54, 1.807) is 6.07 Å². The van der Waals surface area contributed by atoms with Crippen LogP contribution in [0.25, 0.3) is 0 Å². The standard InChI is InChI=1S/C16H16F2O/c1-2-5-11-6-3-7-12(10-11)16(19)13-8-4-9-14(17)15(13)18/h3-4,6-10,16,19H,2,5H2,1H3. The van der Waals surface area contributed by atoms with Crippen LogP contribution in [0.4, 0.5) is 8.78 Å². The van der Waals surface area contributed by atoms with E-state index in [1.807, 2.05) is 18.2 Å². The largest absolute Gasteiger partial charge is 0.384 e. The van der Waals surface area contributed by atoms with Gasteiger partial charge in [-0.3, -0.25) is 0 Å². The van der Waals surface area contributed by atoms with E-state index in [1.165, 1.54) is 12.1 Å². The zero-order valence-corrected chi connectivity index (χ0v) is 10.7. The Morgan fingerprint density at radius 2 is 1.84 bits per heavy atom. The fraction of sp³-hybridized carbons (Fsp3) is 0.250. The smallest absolute Gasteiger partial charge is 0.164 e. The lowest BCUT2D eigenvalue weighted by Crippen LogP contribution is -2.04. The lowest BCUT2D eigenvalue weighted by Gasteiger charge is -2.13. The molecule has 0 fully saturated rings. The van der Waals surface area contributed by atoms with Crippen LogP contribution in [0.2, 0.25) is 0 Å². The third-order valence-electron chi connectivity index (χ3n) is 3.08. The first-order valence-corrected chi connectivity index (χ1v) is 6.34. The van der Waals surface area contributed by atoms with E-state index < -0.39 is 17.7 Å². The predicted molar refractivity (Wildman–Crippen MR) is 70.9 cm³/mol. The molecule has 1 nitrogen and oxygen atoms in total. The first kappa shape index (κ1) is 13.7. The van der Waals surface area contributed by atoms with Crippen molar-refractivity contribution in [2.75, 3.05) is 0 Å². The summed E-state index contributed by atoms with van der Waals surface area (Å²) >= 11 is 0. The van der Waals surface area contributed by atoms with Gasteiger partial charge in [-0.15, -0.1) is 0 Å². The van der Waals surface area contributed by atoms with Crippen molar-refractivity contribution in [2.24, 2.45) is 0 Å². The zero-order valence-electron chi connectivity index (χ0n) is 10.7. The first-order chi connectivity index (χ1) is 9.13. The molecule has 0 aliphatic heterocycles. The zero-order chi connectivity index (χ0) is 13.8. The second-order valence-corrected chi connectivity index (χ2v) is 4.54. The Labute approximate surface area is 111 Å². The molecule has 1 unspecified atom stereocenters. The second kappa shape index (κ2) is 5.93. The molecule has 0 aliphatic rings. The summed E-state index contributed by atoms with van der Waals surface area (Å²) in [6.07, 6.45) is 0.743. The molecule has 0 radical (unpaired) electrons. The maximum Gasteiger partial charge on any atom is 0.164 e. The fourth-order valence-corrected chi connectivity index (χ4v) is 2.12. The minimum absolute atomic E-state index is 0.0337. The number of benzene rings is 2. The first-order valence-electron chi connectivity index (χ1n) is 6.34. The molecule has 100 valence electrons. The summed E-state index contributed by atoms with van der Waals surface area (Å²) in [5.74, 6) is -1.93. The molecule has 2 aromatic rings. The van der Waals surface area contributed by atoms with Crippen LogP contribution in [0.1, 0.15) is 36.1 Å². The van der Waals surface area contributed by atoms with E-state index in [9.17, 15) is 13.9 Å². The molecule has 0 aromatic heterocycles. The molecule has 0 heterocycles. The van der Waals surface area contributed by atoms with Crippen LogP contribution in [-0.4, -0.2) is 5.11 Å². The number of hydrogen-bond acceptors (Lipinski definition) is 1. The number of aliphatic hydroxyl groups excluding tert-OH is 1. The molecule has 0 amide bonds. The third-order valence-corrected chi connectivity index (χ3v) is 3.08. The summed E-state index contributed by atoms with van der Waals surface area (Å²) < 4.78 is 26.8. The van der Waals surface area contributed by atoms with Crippen molar-refractivity contribution in [3.05, 3.63) is 70.8 Å². The number of halogens is 2. The average Bonchev–Trinajstić information content (AvgIpc) is 2.42. The SMILES string of the molecule is CCCc1cccc(C(O)c2cccc(F)c2F)c1. The van der Waals surface area contributed by atoms with E-state index >= 15 is 0 Å². The third kappa shape index (κ3) is 2.99. The molecule has 0 bridgehead atoms. The second-order valence-electron chi connectivity index (χ2n) is 4.54. The molecule has 0 saturated carbocycles. The van der Waals surface area contributed by atoms with Crippen LogP contribution in [-0.2, 0) is 6.42 Å². The van der Waals surface area contributed by atoms with Gasteiger partial charge in [-0.05, 0) is 23.6 Å². The fourth-order valence-electron chi connectivity index (χ4n) is 2.12. The van der Waals surface area contributed by atoms with Crippen LogP contribution in [0.15, 0.2) is 42.5 Å². The molecular formula is C16H16F2O. The van der Waals surface area contributed by atoms with E-state index in [4.69, 9.17) is 0 Å². The molecule has 19 heavy (non-hydrogen) atoms. The van der Waals surface area contributed by atoms with Gasteiger partial charge in [0.2, 0.25) is 0 Å². The van der Waals surface area contributed by atoms with E-state index in [0.717, 1.165) is 24.5 Å². The Morgan fingerprint density at radius 1 is 1.11 bits per heavy atom. The molecule has 1 atom stereocenters. The van der Waals surface area contributed by atoms with Crippen molar-refractivity contribution < 1.29 is 13.9 Å². The highest BCUT2D eigenvalue weighted by molar-refractivity contribution is 5.33. The molecule has 0 aliphatic carbocycles. The summed E-state index contributed by atoms with van der Waals surface area (Å²) in [6, 6.07) is 11.2. The summed E-state index contributed by atoms with van der Waals surface area (Å²) in [5.41, 5.74) is 1.62. The van der Waals surface area contributed by atoms with E-state index in [-0.39, 0.29) is 5.56 Å². The van der Waals surface area contributed by atoms with E-state index in [2.05, 4.69) is 6.92 Å². The van der Waals surface area contributed by atoms with E-state index in [0.29, 0.717) is 5.56 Å². The van der Waals surface area contributed by atoms with Gasteiger partial charge in [0.25, 0.3) is 0 Å². The van der Waals surface area contributed by atoms with Crippen molar-refractivity contribution >= 4 is 0 Å². The molecule has 2 aromatic carbocycles. The quantitative estimate of drug-likeness (QED) is 0.883. The normalized spacial score (nSPS) is 12.4. The van der Waals surface area contributed by atoms with Crippen LogP contribution in [0.5, 0.6) is 0 Å². The maximum atomic E-state index is 13.7. The monoisotopic (exact) mass is 262 g/mol. The molecule has 1 N–H and O–H groups in total. The summed E-state index contributed by atoms with van der Waals surface area (Å²) in [4.78, 5) is 0. The minimum Gasteiger partial charge on any atom is -0.384 e. The van der Waals surface area contributed by atoms with Crippen molar-refractivity contribution in [1.29, 1.82) is 0 Å². The molecular weight excluding hydrogens is 246 g/mol. The number of hydrogen-bond donors (Lipinski definition) is 1. The number of aliphatic hydroxyl groups is 1. The van der Waals surface area contributed by atoms with Crippen LogP contribution < -0.4 is 0 Å². The summed E-state index contributed by atoms with van der Waals surface area (Å²) in [5, 5.41) is 10.2. The highest BCUT2D eigenvalue weighted by atomic mass is 19.2. The van der Waals surface area contributed by atoms with Gasteiger partial charge in [0.15, 0.2) is 11.6 Å². The Kier molecular flexibility index (Phi) is 4.27. The van der Waals surface area contributed by atoms with Crippen LogP contribution >= 0.6 is 0 Å². The Hall–Kier alpha value is -1.74. The molecule has 2 rings (SSSR count). The van der Waals surface area contributed by atoms with Gasteiger partial charge >= 0.3 is 0 Å². The van der Waals surface area contributed by atoms with Gasteiger partial charge in [0, 0.05) is 5.56 Å². The molecule has 0 spiro atoms. The lowest BCUT2D eigenvalue weighted by atomic mass is 9.98. The van der Waals surface area contributed by atoms with Crippen molar-refractivity contribution in [1.82, 2.24) is 0 Å². The van der Waals surface area contributed by atoms with Gasteiger partial charge in [-0.25, -0.2) is 8.78 Å². The summed E-state index contributed by atoms with van der Waals surface area (Å²) in [6.45, 7) is 2.06. The Morgan fingerprint density at radius 3 is 2.58 bits per heavy atom. The van der Waals surface area contributed by atoms with Crippen molar-refractivity contribution in [2.45, 2.75) is 25.9 Å². The molecule has 3 heteroatoms. The highest BCUT2D eigenvalue weighted by Gasteiger charge is 2.17. The van der Waals surface area contributed by atoms with Crippen LogP contribution in [0, 0.1) is 11.6 Å². The number of rotatable bonds is 4. The van der Waals surface area contributed by atoms with Gasteiger partial charge in [0.1, 0.15) is 6.10 Å². The predicted octanol–water partition coefficient (Wildman–Crippen LogP) is 4.00. The average molecular weight is 262 g/mol. The van der Waals surface area contributed by atoms with Crippen molar-refractivity contribution in [3.8, 4) is 0 Å². The highest BCUT2D eigenvalue weighted by Crippen LogP contribution is 2.26. The Bertz CT molecular complexity index is 566. The van der Waals surface area contributed by atoms with Gasteiger partial charge < -0.3 is 5.11 Å². The summed E-state index contributed by atoms with van der Waals surface area (Å²) in [7, 11) is 0. The topological polar surface area (TPSA) is 20.2 Å². The lowest BCUT2D eigenvalue weighted by molar-refractivity contribution is 0.213. The molecule has 0 saturated heterocycles. The van der Waals surface area contributed by atoms with Gasteiger partial charge in [-0.2, -0.15) is 0 Å². The van der Waals surface area contributed by atoms with Gasteiger partial charge in [-0.1, -0.05) is 49.7 Å². The van der Waals surface area contributed by atoms with Crippen LogP contribution in [0.3, 0.4) is 0 Å². The number of aryl methyl sites for hydroxylation is 1. The van der Waals surface area contributed by atoms with Gasteiger partial charge in [0.05, 0.1) is 0 Å². The minimum atomic E-state index is -1.15. The Balaban J connectivity index is 2.35. The van der Waals surface area contributed by atoms with Crippen molar-refractivity contribution in [3.63, 3.8) is 0 Å².